The second-order valence-corrected chi connectivity index (χ2v) is 6.74. The summed E-state index contributed by atoms with van der Waals surface area (Å²) in [5.74, 6) is 0.0857. The molecule has 0 aliphatic carbocycles. The van der Waals surface area contributed by atoms with E-state index in [0.717, 1.165) is 43.9 Å². The van der Waals surface area contributed by atoms with Gasteiger partial charge < -0.3 is 14.4 Å². The lowest BCUT2D eigenvalue weighted by atomic mass is 10.2. The number of nitrogens with zero attached hydrogens (tertiary/aromatic N) is 5. The molecule has 4 rings (SSSR count). The minimum Gasteiger partial charge on any atom is -0.502 e. The van der Waals surface area contributed by atoms with E-state index in [0.29, 0.717) is 12.5 Å². The SMILES string of the molecule is O=[N+]([O-])c1cccc(/C=N/c2nc3ccccc3n2CCN2CCOCC2)c1O. The minimum absolute atomic E-state index is 0.269. The molecular formula is C20H21N5O4. The van der Waals surface area contributed by atoms with Crippen LogP contribution >= 0.6 is 0 Å². The smallest absolute Gasteiger partial charge is 0.311 e. The van der Waals surface area contributed by atoms with E-state index in [1.807, 2.05) is 28.8 Å². The number of phenolic OH excluding ortho intramolecular Hbond substituents is 1. The molecule has 1 aliphatic heterocycles. The van der Waals surface area contributed by atoms with Gasteiger partial charge in [0.05, 0.1) is 29.2 Å². The van der Waals surface area contributed by atoms with Crippen molar-refractivity contribution in [2.24, 2.45) is 4.99 Å². The number of benzene rings is 2. The largest absolute Gasteiger partial charge is 0.502 e. The molecule has 0 radical (unpaired) electrons. The Labute approximate surface area is 167 Å². The number of aromatic hydroxyl groups is 1. The average Bonchev–Trinajstić information content (AvgIpc) is 3.09. The number of nitro groups is 1. The Bertz CT molecular complexity index is 1060. The fourth-order valence-electron chi connectivity index (χ4n) is 3.38. The number of hydrogen-bond acceptors (Lipinski definition) is 7. The molecule has 0 bridgehead atoms. The molecule has 1 aliphatic rings. The summed E-state index contributed by atoms with van der Waals surface area (Å²) in [5.41, 5.74) is 1.71. The van der Waals surface area contributed by atoms with Gasteiger partial charge in [0.15, 0.2) is 0 Å². The molecule has 0 spiro atoms. The summed E-state index contributed by atoms with van der Waals surface area (Å²) in [6.07, 6.45) is 1.41. The second-order valence-electron chi connectivity index (χ2n) is 6.74. The van der Waals surface area contributed by atoms with Crippen molar-refractivity contribution in [1.82, 2.24) is 14.5 Å². The number of aliphatic imine (C=N–C) groups is 1. The minimum atomic E-state index is -0.621. The molecule has 1 aromatic heterocycles. The van der Waals surface area contributed by atoms with Crippen molar-refractivity contribution in [2.75, 3.05) is 32.8 Å². The number of ether oxygens (including phenoxy) is 1. The summed E-state index contributed by atoms with van der Waals surface area (Å²) in [5, 5.41) is 21.2. The van der Waals surface area contributed by atoms with Crippen molar-refractivity contribution < 1.29 is 14.8 Å². The van der Waals surface area contributed by atoms with Gasteiger partial charge in [-0.05, 0) is 18.2 Å². The molecule has 1 saturated heterocycles. The molecule has 0 amide bonds. The van der Waals surface area contributed by atoms with Gasteiger partial charge in [0.25, 0.3) is 0 Å². The summed E-state index contributed by atoms with van der Waals surface area (Å²) in [6, 6.07) is 12.1. The quantitative estimate of drug-likeness (QED) is 0.391. The van der Waals surface area contributed by atoms with E-state index in [2.05, 4.69) is 14.9 Å². The van der Waals surface area contributed by atoms with Crippen molar-refractivity contribution in [2.45, 2.75) is 6.54 Å². The average molecular weight is 395 g/mol. The predicted molar refractivity (Wildman–Crippen MR) is 109 cm³/mol. The zero-order valence-corrected chi connectivity index (χ0v) is 15.8. The Hall–Kier alpha value is -3.30. The van der Waals surface area contributed by atoms with Crippen LogP contribution in [0.1, 0.15) is 5.56 Å². The Morgan fingerprint density at radius 1 is 1.17 bits per heavy atom. The van der Waals surface area contributed by atoms with Crippen LogP contribution in [0.15, 0.2) is 47.5 Å². The number of para-hydroxylation sites is 3. The standard InChI is InChI=1S/C20H21N5O4/c26-19-15(4-3-7-18(19)25(27)28)14-21-20-22-16-5-1-2-6-17(16)24(20)9-8-23-10-12-29-13-11-23/h1-7,14,26H,8-13H2/b21-14+. The van der Waals surface area contributed by atoms with Crippen molar-refractivity contribution in [1.29, 1.82) is 0 Å². The molecule has 9 nitrogen and oxygen atoms in total. The maximum absolute atomic E-state index is 11.0. The molecular weight excluding hydrogens is 374 g/mol. The summed E-state index contributed by atoms with van der Waals surface area (Å²) in [7, 11) is 0. The first-order chi connectivity index (χ1) is 14.1. The molecule has 9 heteroatoms. The monoisotopic (exact) mass is 395 g/mol. The van der Waals surface area contributed by atoms with Gasteiger partial charge in [-0.2, -0.15) is 0 Å². The van der Waals surface area contributed by atoms with E-state index >= 15 is 0 Å². The number of nitro benzene ring substituents is 1. The van der Waals surface area contributed by atoms with Gasteiger partial charge in [-0.3, -0.25) is 15.0 Å². The van der Waals surface area contributed by atoms with Crippen LogP contribution in [0.4, 0.5) is 11.6 Å². The third-order valence-corrected chi connectivity index (χ3v) is 4.94. The van der Waals surface area contributed by atoms with Gasteiger partial charge >= 0.3 is 5.69 Å². The van der Waals surface area contributed by atoms with Crippen LogP contribution < -0.4 is 0 Å². The lowest BCUT2D eigenvalue weighted by Crippen LogP contribution is -2.38. The zero-order chi connectivity index (χ0) is 20.2. The lowest BCUT2D eigenvalue weighted by Gasteiger charge is -2.26. The van der Waals surface area contributed by atoms with Crippen LogP contribution in [-0.2, 0) is 11.3 Å². The van der Waals surface area contributed by atoms with Crippen molar-refractivity contribution in [3.05, 3.63) is 58.1 Å². The van der Waals surface area contributed by atoms with E-state index < -0.39 is 10.7 Å². The summed E-state index contributed by atoms with van der Waals surface area (Å²) in [4.78, 5) is 21.8. The molecule has 2 aromatic carbocycles. The van der Waals surface area contributed by atoms with Gasteiger partial charge in [-0.1, -0.05) is 18.2 Å². The highest BCUT2D eigenvalue weighted by atomic mass is 16.6. The van der Waals surface area contributed by atoms with E-state index in [9.17, 15) is 15.2 Å². The maximum Gasteiger partial charge on any atom is 0.311 e. The van der Waals surface area contributed by atoms with E-state index in [-0.39, 0.29) is 11.3 Å². The fraction of sp³-hybridized carbons (Fsp3) is 0.300. The first kappa shape index (κ1) is 19.0. The second kappa shape index (κ2) is 8.38. The number of fused-ring (bicyclic) bond motifs is 1. The van der Waals surface area contributed by atoms with Crippen LogP contribution in [0.25, 0.3) is 11.0 Å². The molecule has 3 aromatic rings. The Balaban J connectivity index is 1.64. The molecule has 0 saturated carbocycles. The highest BCUT2D eigenvalue weighted by molar-refractivity contribution is 5.87. The number of phenols is 1. The topological polar surface area (TPSA) is 106 Å². The van der Waals surface area contributed by atoms with Gasteiger partial charge in [-0.25, -0.2) is 9.98 Å². The number of imidazole rings is 1. The number of morpholine rings is 1. The van der Waals surface area contributed by atoms with Crippen LogP contribution in [-0.4, -0.2) is 63.5 Å². The highest BCUT2D eigenvalue weighted by Crippen LogP contribution is 2.29. The summed E-state index contributed by atoms with van der Waals surface area (Å²) in [6.45, 7) is 4.81. The summed E-state index contributed by atoms with van der Waals surface area (Å²) >= 11 is 0. The number of hydrogen-bond donors (Lipinski definition) is 1. The molecule has 1 N–H and O–H groups in total. The molecule has 29 heavy (non-hydrogen) atoms. The first-order valence-corrected chi connectivity index (χ1v) is 9.39. The Morgan fingerprint density at radius 2 is 1.97 bits per heavy atom. The van der Waals surface area contributed by atoms with Crippen LogP contribution in [0.5, 0.6) is 5.75 Å². The summed E-state index contributed by atoms with van der Waals surface area (Å²) < 4.78 is 7.42. The van der Waals surface area contributed by atoms with E-state index in [1.54, 1.807) is 6.07 Å². The van der Waals surface area contributed by atoms with Gasteiger partial charge in [0.2, 0.25) is 11.7 Å². The van der Waals surface area contributed by atoms with Crippen molar-refractivity contribution >= 4 is 28.9 Å². The van der Waals surface area contributed by atoms with Crippen molar-refractivity contribution in [3.8, 4) is 5.75 Å². The molecule has 1 fully saturated rings. The number of rotatable bonds is 6. The third kappa shape index (κ3) is 4.10. The Morgan fingerprint density at radius 3 is 2.76 bits per heavy atom. The first-order valence-electron chi connectivity index (χ1n) is 9.39. The lowest BCUT2D eigenvalue weighted by molar-refractivity contribution is -0.385. The number of aromatic nitrogens is 2. The fourth-order valence-corrected chi connectivity index (χ4v) is 3.38. The predicted octanol–water partition coefficient (Wildman–Crippen LogP) is 2.73. The van der Waals surface area contributed by atoms with Crippen LogP contribution in [0, 0.1) is 10.1 Å². The van der Waals surface area contributed by atoms with Crippen molar-refractivity contribution in [3.63, 3.8) is 0 Å². The maximum atomic E-state index is 11.0. The molecule has 150 valence electrons. The highest BCUT2D eigenvalue weighted by Gasteiger charge is 2.16. The van der Waals surface area contributed by atoms with Crippen LogP contribution in [0.3, 0.4) is 0 Å². The van der Waals surface area contributed by atoms with Gasteiger partial charge in [0, 0.05) is 44.0 Å². The van der Waals surface area contributed by atoms with Crippen LogP contribution in [0.2, 0.25) is 0 Å². The third-order valence-electron chi connectivity index (χ3n) is 4.94. The molecule has 2 heterocycles. The van der Waals surface area contributed by atoms with E-state index in [4.69, 9.17) is 4.74 Å². The van der Waals surface area contributed by atoms with Gasteiger partial charge in [-0.15, -0.1) is 0 Å². The molecule has 0 unspecified atom stereocenters. The van der Waals surface area contributed by atoms with E-state index in [1.165, 1.54) is 18.3 Å². The van der Waals surface area contributed by atoms with Gasteiger partial charge in [0.1, 0.15) is 0 Å². The molecule has 0 atom stereocenters. The normalized spacial score (nSPS) is 15.3. The Kier molecular flexibility index (Phi) is 5.50. The zero-order valence-electron chi connectivity index (χ0n) is 15.8.